The molecule has 2 amide bonds. The summed E-state index contributed by atoms with van der Waals surface area (Å²) in [4.78, 5) is 33.4. The quantitative estimate of drug-likeness (QED) is 0.0502. The van der Waals surface area contributed by atoms with Gasteiger partial charge in [-0.1, -0.05) is 183 Å². The van der Waals surface area contributed by atoms with Crippen molar-refractivity contribution in [3.05, 3.63) is 151 Å². The van der Waals surface area contributed by atoms with Crippen LogP contribution in [0.2, 0.25) is 0 Å². The first-order valence-corrected chi connectivity index (χ1v) is 23.0. The van der Waals surface area contributed by atoms with Gasteiger partial charge in [0.05, 0.1) is 45.8 Å². The zero-order chi connectivity index (χ0) is 42.4. The summed E-state index contributed by atoms with van der Waals surface area (Å²) in [6.45, 7) is 5.45. The predicted octanol–water partition coefficient (Wildman–Crippen LogP) is 13.9. The first kappa shape index (κ1) is 44.3. The maximum atomic E-state index is 14.9. The van der Waals surface area contributed by atoms with Gasteiger partial charge in [0.2, 0.25) is 0 Å². The van der Waals surface area contributed by atoms with E-state index in [1.54, 1.807) is 0 Å². The van der Waals surface area contributed by atoms with Crippen LogP contribution in [0.1, 0.15) is 124 Å². The number of nitriles is 2. The average Bonchev–Trinajstić information content (AvgIpc) is 3.71. The van der Waals surface area contributed by atoms with Crippen molar-refractivity contribution < 1.29 is 9.59 Å². The zero-order valence-electron chi connectivity index (χ0n) is 34.7. The number of amides is 2. The second-order valence-electron chi connectivity index (χ2n) is 15.5. The Morgan fingerprint density at radius 1 is 0.500 bits per heavy atom. The van der Waals surface area contributed by atoms with Crippen molar-refractivity contribution in [3.8, 4) is 12.1 Å². The van der Waals surface area contributed by atoms with Gasteiger partial charge < -0.3 is 9.80 Å². The summed E-state index contributed by atoms with van der Waals surface area (Å²) < 4.78 is 1.89. The van der Waals surface area contributed by atoms with E-state index in [9.17, 15) is 20.1 Å². The summed E-state index contributed by atoms with van der Waals surface area (Å²) in [5.74, 6) is -0.279. The minimum Gasteiger partial charge on any atom is -0.307 e. The van der Waals surface area contributed by atoms with Gasteiger partial charge >= 0.3 is 0 Å². The molecule has 0 unspecified atom stereocenters. The Morgan fingerprint density at radius 3 is 1.17 bits per heavy atom. The highest BCUT2D eigenvalue weighted by Crippen LogP contribution is 2.47. The van der Waals surface area contributed by atoms with Gasteiger partial charge in [-0.3, -0.25) is 9.59 Å². The van der Waals surface area contributed by atoms with Crippen molar-refractivity contribution in [2.75, 3.05) is 13.1 Å². The van der Waals surface area contributed by atoms with Crippen LogP contribution < -0.4 is 0 Å². The molecular formula is C52H52Br2N4O2. The van der Waals surface area contributed by atoms with Crippen molar-refractivity contribution >= 4 is 78.4 Å². The van der Waals surface area contributed by atoms with Gasteiger partial charge in [-0.2, -0.15) is 10.5 Å². The third-order valence-corrected chi connectivity index (χ3v) is 12.3. The summed E-state index contributed by atoms with van der Waals surface area (Å²) in [6.07, 6.45) is 16.7. The Morgan fingerprint density at radius 2 is 0.833 bits per heavy atom. The topological polar surface area (TPSA) is 88.2 Å². The van der Waals surface area contributed by atoms with Gasteiger partial charge in [-0.05, 0) is 82.6 Å². The Kier molecular flexibility index (Phi) is 16.1. The standard InChI is InChI=1S/C52H52Br2N4O2/c1-3-5-7-9-11-13-31-57-49(41-19-15-37(16-20-41)33-43(35-55)39-23-27-45(53)28-24-39)47-48(51(57)59)50(58(52(47)60)32-14-12-10-8-6-4-2)42-21-17-38(18-22-42)34-44(36-56)40-25-29-46(54)30-26-40/h15-30,33-34H,3-14,31-32H2,1-2H3/b43-33+,44-34+. The number of fused-ring (bicyclic) bond motifs is 1. The molecule has 2 aliphatic rings. The number of unbranched alkanes of at least 4 members (excludes halogenated alkanes) is 10. The van der Waals surface area contributed by atoms with E-state index >= 15 is 0 Å². The summed E-state index contributed by atoms with van der Waals surface area (Å²) >= 11 is 6.95. The van der Waals surface area contributed by atoms with Crippen LogP contribution >= 0.6 is 31.9 Å². The van der Waals surface area contributed by atoms with Crippen LogP contribution in [0.5, 0.6) is 0 Å². The normalized spacial score (nSPS) is 14.3. The lowest BCUT2D eigenvalue weighted by Gasteiger charge is -2.25. The number of allylic oxidation sites excluding steroid dienone is 2. The SMILES string of the molecule is CCCCCCCCN1C(=O)C2=C(c3ccc(/C=C(\C#N)c4ccc(Br)cc4)cc3)N(CCCCCCCC)C(=O)C2=C1c1ccc(/C=C(\C#N)c2ccc(Br)cc2)cc1. The Hall–Kier alpha value is -5.28. The summed E-state index contributed by atoms with van der Waals surface area (Å²) in [6, 6.07) is 35.7. The highest BCUT2D eigenvalue weighted by atomic mass is 79.9. The molecule has 0 radical (unpaired) electrons. The highest BCUT2D eigenvalue weighted by Gasteiger charge is 2.48. The molecule has 4 aromatic rings. The molecule has 0 spiro atoms. The number of halogens is 2. The van der Waals surface area contributed by atoms with Crippen LogP contribution in [0.3, 0.4) is 0 Å². The number of nitrogens with zero attached hydrogens (tertiary/aromatic N) is 4. The van der Waals surface area contributed by atoms with E-state index in [-0.39, 0.29) is 11.8 Å². The maximum absolute atomic E-state index is 14.9. The van der Waals surface area contributed by atoms with E-state index < -0.39 is 0 Å². The first-order valence-electron chi connectivity index (χ1n) is 21.4. The lowest BCUT2D eigenvalue weighted by molar-refractivity contribution is -0.124. The number of carbonyl (C=O) groups excluding carboxylic acids is 2. The smallest absolute Gasteiger partial charge is 0.261 e. The third-order valence-electron chi connectivity index (χ3n) is 11.2. The molecule has 8 heteroatoms. The van der Waals surface area contributed by atoms with Gasteiger partial charge in [-0.25, -0.2) is 0 Å². The molecule has 0 saturated carbocycles. The molecule has 2 aliphatic heterocycles. The molecule has 306 valence electrons. The second-order valence-corrected chi connectivity index (χ2v) is 17.3. The van der Waals surface area contributed by atoms with E-state index in [0.29, 0.717) is 46.8 Å². The largest absolute Gasteiger partial charge is 0.307 e. The number of carbonyl (C=O) groups is 2. The molecule has 0 fully saturated rings. The molecule has 0 N–H and O–H groups in total. The molecule has 0 saturated heterocycles. The maximum Gasteiger partial charge on any atom is 0.261 e. The van der Waals surface area contributed by atoms with Gasteiger partial charge in [0, 0.05) is 22.0 Å². The van der Waals surface area contributed by atoms with Gasteiger partial charge in [0.15, 0.2) is 0 Å². The Bertz CT molecular complexity index is 2190. The van der Waals surface area contributed by atoms with E-state index in [0.717, 1.165) is 80.9 Å². The van der Waals surface area contributed by atoms with Crippen LogP contribution in [0.15, 0.2) is 117 Å². The fraction of sp³-hybridized carbons (Fsp3) is 0.308. The molecular weight excluding hydrogens is 872 g/mol. The molecule has 6 rings (SSSR count). The molecule has 0 aliphatic carbocycles. The first-order chi connectivity index (χ1) is 29.3. The molecule has 2 heterocycles. The monoisotopic (exact) mass is 922 g/mol. The second kappa shape index (κ2) is 21.8. The number of hydrogen-bond donors (Lipinski definition) is 0. The third kappa shape index (κ3) is 10.7. The van der Waals surface area contributed by atoms with Gasteiger partial charge in [0.1, 0.15) is 0 Å². The molecule has 0 bridgehead atoms. The predicted molar refractivity (Wildman–Crippen MR) is 252 cm³/mol. The summed E-state index contributed by atoms with van der Waals surface area (Å²) in [7, 11) is 0. The fourth-order valence-electron chi connectivity index (χ4n) is 7.95. The van der Waals surface area contributed by atoms with E-state index in [1.807, 2.05) is 119 Å². The van der Waals surface area contributed by atoms with Gasteiger partial charge in [0.25, 0.3) is 11.8 Å². The number of hydrogen-bond acceptors (Lipinski definition) is 4. The molecule has 0 aromatic heterocycles. The van der Waals surface area contributed by atoms with E-state index in [2.05, 4.69) is 57.8 Å². The number of benzene rings is 4. The Labute approximate surface area is 372 Å². The summed E-state index contributed by atoms with van der Waals surface area (Å²) in [5, 5.41) is 20.0. The highest BCUT2D eigenvalue weighted by molar-refractivity contribution is 9.10. The van der Waals surface area contributed by atoms with E-state index in [4.69, 9.17) is 0 Å². The molecule has 4 aromatic carbocycles. The van der Waals surface area contributed by atoms with Crippen LogP contribution in [0.4, 0.5) is 0 Å². The molecule has 0 atom stereocenters. The lowest BCUT2D eigenvalue weighted by atomic mass is 9.99. The lowest BCUT2D eigenvalue weighted by Crippen LogP contribution is -2.31. The van der Waals surface area contributed by atoms with Crippen molar-refractivity contribution in [3.63, 3.8) is 0 Å². The summed E-state index contributed by atoms with van der Waals surface area (Å²) in [5.41, 5.74) is 8.28. The van der Waals surface area contributed by atoms with E-state index in [1.165, 1.54) is 38.5 Å². The molecule has 60 heavy (non-hydrogen) atoms. The van der Waals surface area contributed by atoms with Crippen LogP contribution in [-0.2, 0) is 9.59 Å². The van der Waals surface area contributed by atoms with Crippen LogP contribution in [0.25, 0.3) is 34.7 Å². The minimum atomic E-state index is -0.140. The van der Waals surface area contributed by atoms with Crippen molar-refractivity contribution in [1.82, 2.24) is 9.80 Å². The van der Waals surface area contributed by atoms with Crippen LogP contribution in [0, 0.1) is 22.7 Å². The Balaban J connectivity index is 1.40. The fourth-order valence-corrected chi connectivity index (χ4v) is 8.48. The van der Waals surface area contributed by atoms with Gasteiger partial charge in [-0.15, -0.1) is 0 Å². The zero-order valence-corrected chi connectivity index (χ0v) is 37.8. The molecule has 6 nitrogen and oxygen atoms in total. The van der Waals surface area contributed by atoms with Crippen molar-refractivity contribution in [1.29, 1.82) is 10.5 Å². The average molecular weight is 925 g/mol. The number of rotatable bonds is 20. The van der Waals surface area contributed by atoms with Crippen molar-refractivity contribution in [2.45, 2.75) is 90.9 Å². The minimum absolute atomic E-state index is 0.140. The van der Waals surface area contributed by atoms with Crippen molar-refractivity contribution in [2.24, 2.45) is 0 Å². The van der Waals surface area contributed by atoms with Crippen LogP contribution in [-0.4, -0.2) is 34.7 Å².